The maximum absolute atomic E-state index is 2.40. The summed E-state index contributed by atoms with van der Waals surface area (Å²) in [6.45, 7) is 9.65. The van der Waals surface area contributed by atoms with E-state index in [-0.39, 0.29) is 0 Å². The molecule has 0 saturated carbocycles. The summed E-state index contributed by atoms with van der Waals surface area (Å²) in [6.07, 6.45) is 6.06. The molecular formula is C21H29B-. The van der Waals surface area contributed by atoms with Crippen LogP contribution in [0.15, 0.2) is 42.5 Å². The van der Waals surface area contributed by atoms with Gasteiger partial charge in [0.15, 0.2) is 0 Å². The Hall–Kier alpha value is -1.50. The molecule has 1 heteroatoms. The highest BCUT2D eigenvalue weighted by Crippen LogP contribution is 2.14. The predicted octanol–water partition coefficient (Wildman–Crippen LogP) is 4.53. The lowest BCUT2D eigenvalue weighted by molar-refractivity contribution is 0.877. The summed E-state index contributed by atoms with van der Waals surface area (Å²) in [6, 6.07) is 15.9. The quantitative estimate of drug-likeness (QED) is 0.658. The molecule has 0 heterocycles. The van der Waals surface area contributed by atoms with Gasteiger partial charge < -0.3 is 0 Å². The van der Waals surface area contributed by atoms with Gasteiger partial charge in [-0.2, -0.15) is 6.32 Å². The molecule has 0 amide bonds. The molecule has 117 valence electrons. The fourth-order valence-corrected chi connectivity index (χ4v) is 3.56. The number of rotatable bonds is 7. The maximum atomic E-state index is 2.40. The summed E-state index contributed by atoms with van der Waals surface area (Å²) in [5.41, 5.74) is 7.57. The van der Waals surface area contributed by atoms with Crippen molar-refractivity contribution in [3.05, 3.63) is 59.2 Å². The van der Waals surface area contributed by atoms with Gasteiger partial charge in [0.05, 0.1) is 0 Å². The normalized spacial score (nSPS) is 11.1. The van der Waals surface area contributed by atoms with Crippen molar-refractivity contribution in [1.29, 1.82) is 0 Å². The molecule has 0 saturated heterocycles. The first-order valence-electron chi connectivity index (χ1n) is 8.88. The highest BCUT2D eigenvalue weighted by Gasteiger charge is 2.10. The highest BCUT2D eigenvalue weighted by molar-refractivity contribution is 6.85. The fourth-order valence-electron chi connectivity index (χ4n) is 3.56. The molecule has 0 aliphatic rings. The molecule has 0 unspecified atom stereocenters. The Kier molecular flexibility index (Phi) is 6.30. The second-order valence-electron chi connectivity index (χ2n) is 6.31. The van der Waals surface area contributed by atoms with Crippen molar-refractivity contribution in [3.8, 4) is 0 Å². The maximum Gasteiger partial charge on any atom is -0.0339 e. The molecule has 0 spiro atoms. The lowest BCUT2D eigenvalue weighted by Crippen LogP contribution is -2.45. The molecule has 0 N–H and O–H groups in total. The Morgan fingerprint density at radius 1 is 0.864 bits per heavy atom. The number of aryl methyl sites for hydroxylation is 3. The zero-order valence-electron chi connectivity index (χ0n) is 14.7. The number of unbranched alkanes of at least 4 members (excludes halogenated alkanes) is 1. The van der Waals surface area contributed by atoms with Gasteiger partial charge >= 0.3 is 0 Å². The first-order valence-corrected chi connectivity index (χ1v) is 8.88. The molecule has 0 atom stereocenters. The van der Waals surface area contributed by atoms with Gasteiger partial charge in [0, 0.05) is 0 Å². The van der Waals surface area contributed by atoms with E-state index < -0.39 is 0 Å². The van der Waals surface area contributed by atoms with Crippen molar-refractivity contribution in [2.45, 2.75) is 59.7 Å². The van der Waals surface area contributed by atoms with E-state index in [4.69, 9.17) is 0 Å². The van der Waals surface area contributed by atoms with E-state index in [1.165, 1.54) is 30.2 Å². The monoisotopic (exact) mass is 292 g/mol. The highest BCUT2D eigenvalue weighted by atomic mass is 14.1. The smallest absolute Gasteiger partial charge is 0.0339 e. The van der Waals surface area contributed by atoms with Crippen LogP contribution in [-0.2, 0) is 12.8 Å². The topological polar surface area (TPSA) is 0 Å². The van der Waals surface area contributed by atoms with Crippen LogP contribution in [0, 0.1) is 6.92 Å². The third-order valence-electron chi connectivity index (χ3n) is 4.65. The number of hydrogen-bond donors (Lipinski definition) is 0. The van der Waals surface area contributed by atoms with Crippen molar-refractivity contribution in [2.75, 3.05) is 0 Å². The van der Waals surface area contributed by atoms with Gasteiger partial charge in [-0.25, -0.2) is 10.9 Å². The second kappa shape index (κ2) is 8.22. The zero-order valence-corrected chi connectivity index (χ0v) is 14.7. The van der Waals surface area contributed by atoms with Crippen LogP contribution in [0.2, 0.25) is 6.32 Å². The molecule has 0 fully saturated rings. The molecule has 0 nitrogen and oxygen atoms in total. The summed E-state index contributed by atoms with van der Waals surface area (Å²) in [4.78, 5) is 0. The van der Waals surface area contributed by atoms with E-state index in [1.54, 1.807) is 16.6 Å². The van der Waals surface area contributed by atoms with E-state index in [9.17, 15) is 0 Å². The first kappa shape index (κ1) is 16.9. The van der Waals surface area contributed by atoms with Crippen molar-refractivity contribution < 1.29 is 0 Å². The molecule has 0 aliphatic carbocycles. The van der Waals surface area contributed by atoms with Crippen LogP contribution < -0.4 is 10.9 Å². The molecule has 1 radical (unpaired) electrons. The molecule has 2 rings (SSSR count). The van der Waals surface area contributed by atoms with Crippen LogP contribution >= 0.6 is 0 Å². The van der Waals surface area contributed by atoms with Crippen molar-refractivity contribution in [2.24, 2.45) is 0 Å². The molecule has 2 aromatic carbocycles. The van der Waals surface area contributed by atoms with Gasteiger partial charge in [-0.3, -0.25) is 0 Å². The minimum absolute atomic E-state index is 0.548. The van der Waals surface area contributed by atoms with Gasteiger partial charge in [-0.15, -0.1) is 12.1 Å². The number of benzene rings is 2. The summed E-state index contributed by atoms with van der Waals surface area (Å²) in [5, 5.41) is 0. The Morgan fingerprint density at radius 2 is 1.45 bits per heavy atom. The van der Waals surface area contributed by atoms with Crippen LogP contribution in [0.1, 0.15) is 50.3 Å². The molecule has 2 aromatic rings. The van der Waals surface area contributed by atoms with Gasteiger partial charge in [0.25, 0.3) is 0 Å². The van der Waals surface area contributed by atoms with E-state index in [0.29, 0.717) is 6.71 Å². The first-order chi connectivity index (χ1) is 10.7. The van der Waals surface area contributed by atoms with E-state index >= 15 is 0 Å². The molecule has 22 heavy (non-hydrogen) atoms. The lowest BCUT2D eigenvalue weighted by Gasteiger charge is -2.34. The van der Waals surface area contributed by atoms with E-state index in [0.717, 1.165) is 12.8 Å². The van der Waals surface area contributed by atoms with Crippen LogP contribution in [0.5, 0.6) is 0 Å². The Labute approximate surface area is 137 Å². The van der Waals surface area contributed by atoms with Gasteiger partial charge in [-0.1, -0.05) is 87.3 Å². The van der Waals surface area contributed by atoms with E-state index in [1.807, 2.05) is 0 Å². The largest absolute Gasteiger partial charge is 0.239 e. The average Bonchev–Trinajstić information content (AvgIpc) is 2.56. The standard InChI is InChI=1S/C21H29B/c1-5-8-14-22(20-12-10-9-11-13-20)21-18(6-2)15-17(4)16-19(21)7-3/h9-13,15-16H,5-8,14H2,1-4H3/q-1. The minimum atomic E-state index is 0.548. The lowest BCUT2D eigenvalue weighted by atomic mass is 9.36. The van der Waals surface area contributed by atoms with Crippen LogP contribution in [-0.4, -0.2) is 6.71 Å². The Bertz CT molecular complexity index is 561. The summed E-state index contributed by atoms with van der Waals surface area (Å²) in [7, 11) is 0. The van der Waals surface area contributed by atoms with Gasteiger partial charge in [0.1, 0.15) is 0 Å². The Morgan fingerprint density at radius 3 is 1.95 bits per heavy atom. The van der Waals surface area contributed by atoms with Crippen molar-refractivity contribution in [3.63, 3.8) is 0 Å². The second-order valence-corrected chi connectivity index (χ2v) is 6.31. The Balaban J connectivity index is 2.55. The van der Waals surface area contributed by atoms with Crippen molar-refractivity contribution >= 4 is 17.6 Å². The molecular weight excluding hydrogens is 263 g/mol. The molecule has 0 bridgehead atoms. The summed E-state index contributed by atoms with van der Waals surface area (Å²) in [5.74, 6) is 0. The van der Waals surface area contributed by atoms with Gasteiger partial charge in [0.2, 0.25) is 0 Å². The minimum Gasteiger partial charge on any atom is -0.239 e. The summed E-state index contributed by atoms with van der Waals surface area (Å²) < 4.78 is 0. The zero-order chi connectivity index (χ0) is 15.9. The SMILES string of the molecule is CCCC[B-](c1ccccc1)c1c(CC)cc(C)cc1CC. The van der Waals surface area contributed by atoms with Crippen LogP contribution in [0.25, 0.3) is 0 Å². The van der Waals surface area contributed by atoms with E-state index in [2.05, 4.69) is 70.2 Å². The third kappa shape index (κ3) is 3.82. The van der Waals surface area contributed by atoms with Crippen LogP contribution in [0.4, 0.5) is 0 Å². The molecule has 0 aromatic heterocycles. The van der Waals surface area contributed by atoms with Crippen molar-refractivity contribution in [1.82, 2.24) is 0 Å². The summed E-state index contributed by atoms with van der Waals surface area (Å²) >= 11 is 0. The third-order valence-corrected chi connectivity index (χ3v) is 4.65. The van der Waals surface area contributed by atoms with Crippen LogP contribution in [0.3, 0.4) is 0 Å². The fraction of sp³-hybridized carbons (Fsp3) is 0.429. The number of hydrogen-bond acceptors (Lipinski definition) is 0. The molecule has 0 aliphatic heterocycles. The average molecular weight is 292 g/mol. The predicted molar refractivity (Wildman–Crippen MR) is 101 cm³/mol. The van der Waals surface area contributed by atoms with Gasteiger partial charge in [-0.05, 0) is 19.8 Å².